The molecular weight excluding hydrogens is 242 g/mol. The van der Waals surface area contributed by atoms with Gasteiger partial charge in [-0.2, -0.15) is 5.10 Å². The lowest BCUT2D eigenvalue weighted by atomic mass is 10.2. The van der Waals surface area contributed by atoms with E-state index >= 15 is 0 Å². The summed E-state index contributed by atoms with van der Waals surface area (Å²) in [4.78, 5) is 0. The normalized spacial score (nSPS) is 10.9. The van der Waals surface area contributed by atoms with Crippen molar-refractivity contribution in [3.63, 3.8) is 0 Å². The molecule has 0 unspecified atom stereocenters. The minimum atomic E-state index is -0.104. The molecule has 0 bridgehead atoms. The van der Waals surface area contributed by atoms with E-state index in [0.29, 0.717) is 12.6 Å². The number of phenolic OH excluding ortho intramolecular Hbond substituents is 2. The third kappa shape index (κ3) is 2.99. The molecule has 5 heteroatoms. The monoisotopic (exact) mass is 261 g/mol. The Balaban J connectivity index is 2.07. The van der Waals surface area contributed by atoms with E-state index in [-0.39, 0.29) is 11.5 Å². The molecule has 0 amide bonds. The van der Waals surface area contributed by atoms with Gasteiger partial charge < -0.3 is 15.5 Å². The van der Waals surface area contributed by atoms with Crippen LogP contribution in [0, 0.1) is 6.92 Å². The van der Waals surface area contributed by atoms with Crippen molar-refractivity contribution < 1.29 is 10.2 Å². The maximum Gasteiger partial charge on any atom is 0.157 e. The quantitative estimate of drug-likeness (QED) is 0.740. The van der Waals surface area contributed by atoms with Crippen LogP contribution in [0.3, 0.4) is 0 Å². The summed E-state index contributed by atoms with van der Waals surface area (Å²) in [6.07, 6.45) is 1.97. The van der Waals surface area contributed by atoms with Crippen LogP contribution in [0.25, 0.3) is 0 Å². The number of nitrogens with zero attached hydrogens (tertiary/aromatic N) is 2. The standard InChI is InChI=1S/C14H19N3O2/c1-9(2)17-8-12(10(3)16-17)15-7-11-4-5-13(18)14(19)6-11/h4-6,8-9,15,18-19H,7H2,1-3H3. The van der Waals surface area contributed by atoms with Crippen molar-refractivity contribution in [2.75, 3.05) is 5.32 Å². The fourth-order valence-electron chi connectivity index (χ4n) is 1.80. The van der Waals surface area contributed by atoms with E-state index in [2.05, 4.69) is 24.3 Å². The zero-order chi connectivity index (χ0) is 14.0. The number of benzene rings is 1. The molecule has 0 saturated heterocycles. The number of hydrogen-bond acceptors (Lipinski definition) is 4. The molecule has 1 heterocycles. The molecule has 1 aromatic carbocycles. The average molecular weight is 261 g/mol. The molecule has 2 rings (SSSR count). The number of aromatic nitrogens is 2. The number of nitrogens with one attached hydrogen (secondary N) is 1. The van der Waals surface area contributed by atoms with Gasteiger partial charge >= 0.3 is 0 Å². The first kappa shape index (κ1) is 13.3. The Morgan fingerprint density at radius 1 is 1.26 bits per heavy atom. The molecule has 102 valence electrons. The molecule has 3 N–H and O–H groups in total. The van der Waals surface area contributed by atoms with Gasteiger partial charge in [0.1, 0.15) is 0 Å². The minimum Gasteiger partial charge on any atom is -0.504 e. The van der Waals surface area contributed by atoms with E-state index in [4.69, 9.17) is 0 Å². The van der Waals surface area contributed by atoms with Gasteiger partial charge in [0.2, 0.25) is 0 Å². The van der Waals surface area contributed by atoms with E-state index in [0.717, 1.165) is 16.9 Å². The molecule has 0 aliphatic heterocycles. The summed E-state index contributed by atoms with van der Waals surface area (Å²) in [6, 6.07) is 5.12. The fraction of sp³-hybridized carbons (Fsp3) is 0.357. The molecule has 0 aliphatic carbocycles. The minimum absolute atomic E-state index is 0.103. The second-order valence-electron chi connectivity index (χ2n) is 4.88. The molecular formula is C14H19N3O2. The lowest BCUT2D eigenvalue weighted by Crippen LogP contribution is -2.01. The first-order valence-corrected chi connectivity index (χ1v) is 6.28. The number of aryl methyl sites for hydroxylation is 1. The van der Waals surface area contributed by atoms with Crippen molar-refractivity contribution in [2.24, 2.45) is 0 Å². The molecule has 0 atom stereocenters. The maximum absolute atomic E-state index is 9.43. The first-order valence-electron chi connectivity index (χ1n) is 6.28. The second kappa shape index (κ2) is 5.22. The van der Waals surface area contributed by atoms with Crippen molar-refractivity contribution in [3.8, 4) is 11.5 Å². The van der Waals surface area contributed by atoms with Crippen LogP contribution < -0.4 is 5.32 Å². The summed E-state index contributed by atoms with van der Waals surface area (Å²) in [7, 11) is 0. The Hall–Kier alpha value is -2.17. The third-order valence-corrected chi connectivity index (χ3v) is 2.97. The smallest absolute Gasteiger partial charge is 0.157 e. The topological polar surface area (TPSA) is 70.3 Å². The highest BCUT2D eigenvalue weighted by atomic mass is 16.3. The summed E-state index contributed by atoms with van der Waals surface area (Å²) in [6.45, 7) is 6.68. The van der Waals surface area contributed by atoms with Gasteiger partial charge in [-0.25, -0.2) is 0 Å². The van der Waals surface area contributed by atoms with Gasteiger partial charge in [0.15, 0.2) is 11.5 Å². The summed E-state index contributed by atoms with van der Waals surface area (Å²) in [5.41, 5.74) is 2.81. The van der Waals surface area contributed by atoms with E-state index in [1.54, 1.807) is 12.1 Å². The van der Waals surface area contributed by atoms with Crippen molar-refractivity contribution in [1.82, 2.24) is 9.78 Å². The van der Waals surface area contributed by atoms with Crippen LogP contribution in [0.1, 0.15) is 31.1 Å². The Bertz CT molecular complexity index is 576. The predicted octanol–water partition coefficient (Wildman–Crippen LogP) is 2.80. The van der Waals surface area contributed by atoms with Crippen LogP contribution in [0.5, 0.6) is 11.5 Å². The summed E-state index contributed by atoms with van der Waals surface area (Å²) >= 11 is 0. The third-order valence-electron chi connectivity index (χ3n) is 2.97. The maximum atomic E-state index is 9.43. The molecule has 2 aromatic rings. The zero-order valence-electron chi connectivity index (χ0n) is 11.4. The van der Waals surface area contributed by atoms with Gasteiger partial charge in [0.05, 0.1) is 11.4 Å². The average Bonchev–Trinajstić information content (AvgIpc) is 2.73. The van der Waals surface area contributed by atoms with Crippen LogP contribution in [-0.4, -0.2) is 20.0 Å². The molecule has 0 fully saturated rings. The highest BCUT2D eigenvalue weighted by Gasteiger charge is 2.07. The lowest BCUT2D eigenvalue weighted by Gasteiger charge is -2.06. The summed E-state index contributed by atoms with van der Waals surface area (Å²) in [5.74, 6) is -0.207. The van der Waals surface area contributed by atoms with Crippen LogP contribution in [0.15, 0.2) is 24.4 Å². The summed E-state index contributed by atoms with van der Waals surface area (Å²) < 4.78 is 1.91. The molecule has 19 heavy (non-hydrogen) atoms. The number of hydrogen-bond donors (Lipinski definition) is 3. The predicted molar refractivity (Wildman–Crippen MR) is 74.4 cm³/mol. The van der Waals surface area contributed by atoms with Gasteiger partial charge in [-0.15, -0.1) is 0 Å². The van der Waals surface area contributed by atoms with Crippen molar-refractivity contribution in [3.05, 3.63) is 35.7 Å². The van der Waals surface area contributed by atoms with Gasteiger partial charge in [-0.05, 0) is 38.5 Å². The molecule has 5 nitrogen and oxygen atoms in total. The van der Waals surface area contributed by atoms with Crippen LogP contribution in [-0.2, 0) is 6.54 Å². The van der Waals surface area contributed by atoms with E-state index in [9.17, 15) is 10.2 Å². The molecule has 0 radical (unpaired) electrons. The second-order valence-corrected chi connectivity index (χ2v) is 4.88. The fourth-order valence-corrected chi connectivity index (χ4v) is 1.80. The van der Waals surface area contributed by atoms with Crippen LogP contribution in [0.4, 0.5) is 5.69 Å². The van der Waals surface area contributed by atoms with Crippen molar-refractivity contribution >= 4 is 5.69 Å². The Labute approximate surface area is 112 Å². The summed E-state index contributed by atoms with van der Waals surface area (Å²) in [5, 5.41) is 26.4. The van der Waals surface area contributed by atoms with Gasteiger partial charge in [0.25, 0.3) is 0 Å². The first-order chi connectivity index (χ1) is 8.97. The number of aromatic hydroxyl groups is 2. The van der Waals surface area contributed by atoms with E-state index in [1.807, 2.05) is 17.8 Å². The van der Waals surface area contributed by atoms with Crippen molar-refractivity contribution in [2.45, 2.75) is 33.4 Å². The van der Waals surface area contributed by atoms with E-state index < -0.39 is 0 Å². The Morgan fingerprint density at radius 3 is 2.58 bits per heavy atom. The van der Waals surface area contributed by atoms with Crippen LogP contribution in [0.2, 0.25) is 0 Å². The highest BCUT2D eigenvalue weighted by molar-refractivity contribution is 5.47. The molecule has 0 aliphatic rings. The number of phenols is 2. The Kier molecular flexibility index (Phi) is 3.64. The van der Waals surface area contributed by atoms with E-state index in [1.165, 1.54) is 6.07 Å². The molecule has 0 saturated carbocycles. The molecule has 1 aromatic heterocycles. The Morgan fingerprint density at radius 2 is 2.00 bits per heavy atom. The number of anilines is 1. The van der Waals surface area contributed by atoms with Crippen LogP contribution >= 0.6 is 0 Å². The highest BCUT2D eigenvalue weighted by Crippen LogP contribution is 2.25. The van der Waals surface area contributed by atoms with Crippen molar-refractivity contribution in [1.29, 1.82) is 0 Å². The number of rotatable bonds is 4. The van der Waals surface area contributed by atoms with Gasteiger partial charge in [-0.3, -0.25) is 4.68 Å². The van der Waals surface area contributed by atoms with Gasteiger partial charge in [0, 0.05) is 18.8 Å². The largest absolute Gasteiger partial charge is 0.504 e. The van der Waals surface area contributed by atoms with Gasteiger partial charge in [-0.1, -0.05) is 6.07 Å². The lowest BCUT2D eigenvalue weighted by molar-refractivity contribution is 0.403. The zero-order valence-corrected chi connectivity index (χ0v) is 11.4. The SMILES string of the molecule is Cc1nn(C(C)C)cc1NCc1ccc(O)c(O)c1. The molecule has 0 spiro atoms.